The molecule has 0 aromatic carbocycles. The molecule has 1 saturated carbocycles. The summed E-state index contributed by atoms with van der Waals surface area (Å²) in [7, 11) is 1.77. The molecule has 1 heterocycles. The second kappa shape index (κ2) is 5.38. The highest BCUT2D eigenvalue weighted by atomic mass is 16.4. The average Bonchev–Trinajstić information content (AvgIpc) is 2.32. The normalized spacial score (nSPS) is 14.8. The van der Waals surface area contributed by atoms with Crippen LogP contribution < -0.4 is 0 Å². The number of rotatable bonds is 4. The van der Waals surface area contributed by atoms with E-state index in [0.29, 0.717) is 17.3 Å². The topological polar surface area (TPSA) is 70.5 Å². The number of carboxylic acids is 1. The minimum Gasteiger partial charge on any atom is -0.478 e. The molecule has 0 atom stereocenters. The zero-order valence-electron chi connectivity index (χ0n) is 11.2. The van der Waals surface area contributed by atoms with Crippen molar-refractivity contribution >= 4 is 11.9 Å². The van der Waals surface area contributed by atoms with E-state index in [1.165, 1.54) is 31.4 Å². The highest BCUT2D eigenvalue weighted by Crippen LogP contribution is 2.27. The minimum absolute atomic E-state index is 0.137. The minimum atomic E-state index is -1.02. The first-order valence-corrected chi connectivity index (χ1v) is 6.45. The number of aryl methyl sites for hydroxylation is 1. The number of hydrogen-bond acceptors (Lipinski definition) is 3. The van der Waals surface area contributed by atoms with Gasteiger partial charge in [0.15, 0.2) is 0 Å². The maximum Gasteiger partial charge on any atom is 0.337 e. The van der Waals surface area contributed by atoms with E-state index < -0.39 is 5.97 Å². The van der Waals surface area contributed by atoms with Gasteiger partial charge in [-0.25, -0.2) is 9.78 Å². The number of aromatic carboxylic acids is 1. The molecule has 0 radical (unpaired) electrons. The van der Waals surface area contributed by atoms with Crippen molar-refractivity contribution in [2.75, 3.05) is 13.6 Å². The van der Waals surface area contributed by atoms with Crippen molar-refractivity contribution in [3.8, 4) is 0 Å². The Morgan fingerprint density at radius 3 is 2.58 bits per heavy atom. The van der Waals surface area contributed by atoms with Crippen molar-refractivity contribution in [1.82, 2.24) is 9.88 Å². The van der Waals surface area contributed by atoms with E-state index in [9.17, 15) is 9.59 Å². The average molecular weight is 262 g/mol. The Kier molecular flexibility index (Phi) is 3.83. The lowest BCUT2D eigenvalue weighted by atomic mass is 9.85. The molecular weight excluding hydrogens is 244 g/mol. The van der Waals surface area contributed by atoms with Gasteiger partial charge in [0.1, 0.15) is 5.69 Å². The summed E-state index contributed by atoms with van der Waals surface area (Å²) in [4.78, 5) is 28.8. The molecule has 2 rings (SSSR count). The standard InChI is InChI=1S/C14H18N2O3/c1-9-11(14(18)19)6-7-12(15-9)13(17)16(2)8-10-4-3-5-10/h6-7,10H,3-5,8H2,1-2H3,(H,18,19). The fourth-order valence-electron chi connectivity index (χ4n) is 2.25. The smallest absolute Gasteiger partial charge is 0.337 e. The van der Waals surface area contributed by atoms with Crippen LogP contribution in [0.1, 0.15) is 45.8 Å². The van der Waals surface area contributed by atoms with Crippen molar-refractivity contribution in [2.45, 2.75) is 26.2 Å². The third-order valence-corrected chi connectivity index (χ3v) is 3.64. The van der Waals surface area contributed by atoms with E-state index in [1.807, 2.05) is 0 Å². The highest BCUT2D eigenvalue weighted by Gasteiger charge is 2.23. The summed E-state index contributed by atoms with van der Waals surface area (Å²) >= 11 is 0. The van der Waals surface area contributed by atoms with E-state index in [2.05, 4.69) is 4.98 Å². The molecule has 1 N–H and O–H groups in total. The number of nitrogens with zero attached hydrogens (tertiary/aromatic N) is 2. The summed E-state index contributed by atoms with van der Waals surface area (Å²) < 4.78 is 0. The molecule has 0 unspecified atom stereocenters. The summed E-state index contributed by atoms with van der Waals surface area (Å²) in [6, 6.07) is 2.92. The Morgan fingerprint density at radius 1 is 1.42 bits per heavy atom. The van der Waals surface area contributed by atoms with Crippen molar-refractivity contribution in [3.05, 3.63) is 29.1 Å². The molecule has 1 fully saturated rings. The zero-order valence-corrected chi connectivity index (χ0v) is 11.2. The first-order chi connectivity index (χ1) is 8.99. The maximum atomic E-state index is 12.2. The lowest BCUT2D eigenvalue weighted by molar-refractivity contribution is 0.0691. The van der Waals surface area contributed by atoms with Gasteiger partial charge in [0.2, 0.25) is 0 Å². The van der Waals surface area contributed by atoms with Crippen LogP contribution in [0.5, 0.6) is 0 Å². The molecule has 1 aliphatic rings. The highest BCUT2D eigenvalue weighted by molar-refractivity contribution is 5.94. The van der Waals surface area contributed by atoms with Gasteiger partial charge in [-0.2, -0.15) is 0 Å². The van der Waals surface area contributed by atoms with E-state index in [4.69, 9.17) is 5.11 Å². The molecule has 1 aliphatic carbocycles. The van der Waals surface area contributed by atoms with Crippen molar-refractivity contribution in [3.63, 3.8) is 0 Å². The molecule has 102 valence electrons. The number of carboxylic acid groups (broad SMARTS) is 1. The van der Waals surface area contributed by atoms with Gasteiger partial charge in [0.25, 0.3) is 5.91 Å². The predicted molar refractivity (Wildman–Crippen MR) is 70.2 cm³/mol. The van der Waals surface area contributed by atoms with Crippen molar-refractivity contribution < 1.29 is 14.7 Å². The lowest BCUT2D eigenvalue weighted by Gasteiger charge is -2.30. The van der Waals surface area contributed by atoms with E-state index in [0.717, 1.165) is 6.54 Å². The van der Waals surface area contributed by atoms with Gasteiger partial charge in [-0.15, -0.1) is 0 Å². The molecule has 19 heavy (non-hydrogen) atoms. The largest absolute Gasteiger partial charge is 0.478 e. The summed E-state index contributed by atoms with van der Waals surface area (Å²) in [5, 5.41) is 8.93. The fraction of sp³-hybridized carbons (Fsp3) is 0.500. The van der Waals surface area contributed by atoms with Crippen LogP contribution in [-0.4, -0.2) is 40.5 Å². The fourth-order valence-corrected chi connectivity index (χ4v) is 2.25. The van der Waals surface area contributed by atoms with Crippen molar-refractivity contribution in [1.29, 1.82) is 0 Å². The molecule has 0 spiro atoms. The third-order valence-electron chi connectivity index (χ3n) is 3.64. The molecule has 5 heteroatoms. The first kappa shape index (κ1) is 13.5. The summed E-state index contributed by atoms with van der Waals surface area (Å²) in [6.45, 7) is 2.35. The van der Waals surface area contributed by atoms with Crippen LogP contribution >= 0.6 is 0 Å². The molecule has 0 aliphatic heterocycles. The van der Waals surface area contributed by atoms with Crippen LogP contribution in [-0.2, 0) is 0 Å². The van der Waals surface area contributed by atoms with Gasteiger partial charge in [0.05, 0.1) is 11.3 Å². The summed E-state index contributed by atoms with van der Waals surface area (Å²) in [6.07, 6.45) is 3.61. The Balaban J connectivity index is 2.10. The van der Waals surface area contributed by atoms with Crippen LogP contribution in [0, 0.1) is 12.8 Å². The number of carbonyl (C=O) groups excluding carboxylic acids is 1. The Hall–Kier alpha value is -1.91. The number of aromatic nitrogens is 1. The second-order valence-corrected chi connectivity index (χ2v) is 5.12. The first-order valence-electron chi connectivity index (χ1n) is 6.45. The Morgan fingerprint density at radius 2 is 2.11 bits per heavy atom. The number of carbonyl (C=O) groups is 2. The Bertz CT molecular complexity index is 509. The molecule has 1 amide bonds. The second-order valence-electron chi connectivity index (χ2n) is 5.12. The molecule has 1 aromatic rings. The van der Waals surface area contributed by atoms with Gasteiger partial charge in [-0.1, -0.05) is 6.42 Å². The van der Waals surface area contributed by atoms with Crippen molar-refractivity contribution in [2.24, 2.45) is 5.92 Å². The SMILES string of the molecule is Cc1nc(C(=O)N(C)CC2CCC2)ccc1C(=O)O. The van der Waals surface area contributed by atoms with Gasteiger partial charge < -0.3 is 10.0 Å². The van der Waals surface area contributed by atoms with Crippen LogP contribution in [0.3, 0.4) is 0 Å². The Labute approximate surface area is 112 Å². The number of hydrogen-bond donors (Lipinski definition) is 1. The lowest BCUT2D eigenvalue weighted by Crippen LogP contribution is -2.34. The van der Waals surface area contributed by atoms with Crippen LogP contribution in [0.4, 0.5) is 0 Å². The molecule has 0 saturated heterocycles. The monoisotopic (exact) mass is 262 g/mol. The summed E-state index contributed by atoms with van der Waals surface area (Å²) in [5.41, 5.74) is 0.818. The quantitative estimate of drug-likeness (QED) is 0.900. The van der Waals surface area contributed by atoms with E-state index in [1.54, 1.807) is 18.9 Å². The van der Waals surface area contributed by atoms with E-state index >= 15 is 0 Å². The van der Waals surface area contributed by atoms with Crippen LogP contribution in [0.15, 0.2) is 12.1 Å². The third kappa shape index (κ3) is 2.92. The van der Waals surface area contributed by atoms with Gasteiger partial charge in [-0.3, -0.25) is 4.79 Å². The molecular formula is C14H18N2O3. The number of amides is 1. The zero-order chi connectivity index (χ0) is 14.0. The molecule has 1 aromatic heterocycles. The van der Waals surface area contributed by atoms with E-state index in [-0.39, 0.29) is 11.5 Å². The van der Waals surface area contributed by atoms with Crippen LogP contribution in [0.2, 0.25) is 0 Å². The van der Waals surface area contributed by atoms with Crippen LogP contribution in [0.25, 0.3) is 0 Å². The van der Waals surface area contributed by atoms with Gasteiger partial charge in [0, 0.05) is 13.6 Å². The van der Waals surface area contributed by atoms with Gasteiger partial charge >= 0.3 is 5.97 Å². The number of pyridine rings is 1. The molecule has 0 bridgehead atoms. The summed E-state index contributed by atoms with van der Waals surface area (Å²) in [5.74, 6) is -0.563. The maximum absolute atomic E-state index is 12.2. The molecule has 5 nitrogen and oxygen atoms in total. The van der Waals surface area contributed by atoms with Gasteiger partial charge in [-0.05, 0) is 37.8 Å². The predicted octanol–water partition coefficient (Wildman–Crippen LogP) is 1.96.